The quantitative estimate of drug-likeness (QED) is 0.922. The summed E-state index contributed by atoms with van der Waals surface area (Å²) in [5.41, 5.74) is 6.21. The number of benzene rings is 1. The molecule has 0 unspecified atom stereocenters. The lowest BCUT2D eigenvalue weighted by Gasteiger charge is -2.01. The molecule has 2 N–H and O–H groups in total. The van der Waals surface area contributed by atoms with E-state index in [1.54, 1.807) is 6.20 Å². The Morgan fingerprint density at radius 3 is 2.93 bits per heavy atom. The molecule has 0 fully saturated rings. The van der Waals surface area contributed by atoms with Crippen LogP contribution in [-0.2, 0) is 6.54 Å². The molecule has 3 nitrogen and oxygen atoms in total. The van der Waals surface area contributed by atoms with Crippen molar-refractivity contribution in [2.45, 2.75) is 6.54 Å². The van der Waals surface area contributed by atoms with Crippen LogP contribution in [0.3, 0.4) is 0 Å². The second-order valence-electron chi connectivity index (χ2n) is 2.92. The van der Waals surface area contributed by atoms with E-state index in [0.717, 1.165) is 10.0 Å². The molecule has 0 bridgehead atoms. The molecule has 1 aromatic carbocycles. The molecule has 1 aromatic heterocycles. The molecule has 15 heavy (non-hydrogen) atoms. The largest absolute Gasteiger partial charge is 0.439 e. The Morgan fingerprint density at radius 2 is 2.27 bits per heavy atom. The Kier molecular flexibility index (Phi) is 3.09. The molecule has 0 saturated heterocycles. The Hall–Kier alpha value is -0.840. The van der Waals surface area contributed by atoms with E-state index in [1.165, 1.54) is 0 Å². The molecule has 0 aliphatic carbocycles. The van der Waals surface area contributed by atoms with Crippen LogP contribution in [0.4, 0.5) is 0 Å². The van der Waals surface area contributed by atoms with Gasteiger partial charge in [-0.05, 0) is 28.1 Å². The first kappa shape index (κ1) is 10.7. The third kappa shape index (κ3) is 2.07. The average molecular weight is 288 g/mol. The lowest BCUT2D eigenvalue weighted by Crippen LogP contribution is -1.94. The zero-order valence-electron chi connectivity index (χ0n) is 7.71. The molecule has 0 aliphatic heterocycles. The van der Waals surface area contributed by atoms with Gasteiger partial charge in [0.25, 0.3) is 0 Å². The number of halogens is 2. The van der Waals surface area contributed by atoms with Gasteiger partial charge in [0.05, 0.1) is 17.8 Å². The molecule has 2 rings (SSSR count). The van der Waals surface area contributed by atoms with Gasteiger partial charge in [0, 0.05) is 10.0 Å². The van der Waals surface area contributed by atoms with Crippen molar-refractivity contribution < 1.29 is 4.42 Å². The van der Waals surface area contributed by atoms with Crippen LogP contribution in [0, 0.1) is 0 Å². The molecule has 0 spiro atoms. The second-order valence-corrected chi connectivity index (χ2v) is 4.16. The van der Waals surface area contributed by atoms with E-state index in [2.05, 4.69) is 20.9 Å². The molecule has 0 saturated carbocycles. The molecule has 2 aromatic rings. The van der Waals surface area contributed by atoms with Gasteiger partial charge in [0.15, 0.2) is 5.76 Å². The maximum atomic E-state index is 6.11. The number of hydrogen-bond donors (Lipinski definition) is 1. The summed E-state index contributed by atoms with van der Waals surface area (Å²) < 4.78 is 6.24. The van der Waals surface area contributed by atoms with E-state index in [0.29, 0.717) is 16.7 Å². The monoisotopic (exact) mass is 286 g/mol. The molecule has 5 heteroatoms. The summed E-state index contributed by atoms with van der Waals surface area (Å²) in [6.45, 7) is 0.283. The van der Waals surface area contributed by atoms with E-state index in [4.69, 9.17) is 21.8 Å². The summed E-state index contributed by atoms with van der Waals surface area (Å²) >= 11 is 9.46. The van der Waals surface area contributed by atoms with Crippen LogP contribution in [0.5, 0.6) is 0 Å². The van der Waals surface area contributed by atoms with E-state index >= 15 is 0 Å². The summed E-state index contributed by atoms with van der Waals surface area (Å²) in [6.07, 6.45) is 1.62. The molecular formula is C10H8BrClN2O. The maximum Gasteiger partial charge on any atom is 0.208 e. The Labute approximate surface area is 100 Å². The van der Waals surface area contributed by atoms with Crippen molar-refractivity contribution in [1.29, 1.82) is 0 Å². The van der Waals surface area contributed by atoms with Crippen LogP contribution in [0.1, 0.15) is 5.89 Å². The fourth-order valence-corrected chi connectivity index (χ4v) is 1.81. The van der Waals surface area contributed by atoms with Crippen LogP contribution in [0.25, 0.3) is 11.3 Å². The van der Waals surface area contributed by atoms with Crippen LogP contribution in [0.2, 0.25) is 5.02 Å². The van der Waals surface area contributed by atoms with Crippen LogP contribution in [0.15, 0.2) is 33.3 Å². The molecular weight excluding hydrogens is 279 g/mol. The highest BCUT2D eigenvalue weighted by Crippen LogP contribution is 2.33. The van der Waals surface area contributed by atoms with Crippen molar-refractivity contribution >= 4 is 27.5 Å². The zero-order chi connectivity index (χ0) is 10.8. The fraction of sp³-hybridized carbons (Fsp3) is 0.100. The minimum atomic E-state index is 0.283. The molecule has 0 atom stereocenters. The molecule has 0 radical (unpaired) electrons. The average Bonchev–Trinajstić information content (AvgIpc) is 2.70. The smallest absolute Gasteiger partial charge is 0.208 e. The van der Waals surface area contributed by atoms with Crippen LogP contribution >= 0.6 is 27.5 Å². The van der Waals surface area contributed by atoms with E-state index in [-0.39, 0.29) is 6.54 Å². The van der Waals surface area contributed by atoms with Crippen LogP contribution in [-0.4, -0.2) is 4.98 Å². The number of oxazole rings is 1. The SMILES string of the molecule is NCc1ncc(-c2cccc(Br)c2Cl)o1. The minimum Gasteiger partial charge on any atom is -0.439 e. The van der Waals surface area contributed by atoms with Gasteiger partial charge in [-0.15, -0.1) is 0 Å². The number of aromatic nitrogens is 1. The van der Waals surface area contributed by atoms with Gasteiger partial charge in [-0.2, -0.15) is 0 Å². The standard InChI is InChI=1S/C10H8BrClN2O/c11-7-3-1-2-6(10(7)12)8-5-14-9(4-13)15-8/h1-3,5H,4,13H2. The summed E-state index contributed by atoms with van der Waals surface area (Å²) in [4.78, 5) is 4.02. The van der Waals surface area contributed by atoms with Crippen LogP contribution < -0.4 is 5.73 Å². The first-order chi connectivity index (χ1) is 7.22. The highest BCUT2D eigenvalue weighted by molar-refractivity contribution is 9.10. The number of nitrogens with zero attached hydrogens (tertiary/aromatic N) is 1. The summed E-state index contributed by atoms with van der Waals surface area (Å²) in [7, 11) is 0. The van der Waals surface area contributed by atoms with Gasteiger partial charge in [-0.25, -0.2) is 4.98 Å². The predicted molar refractivity (Wildman–Crippen MR) is 62.5 cm³/mol. The highest BCUT2D eigenvalue weighted by Gasteiger charge is 2.10. The summed E-state index contributed by atoms with van der Waals surface area (Å²) in [5, 5.41) is 0.609. The fourth-order valence-electron chi connectivity index (χ4n) is 1.22. The lowest BCUT2D eigenvalue weighted by atomic mass is 10.2. The topological polar surface area (TPSA) is 52.0 Å². The van der Waals surface area contributed by atoms with Crippen molar-refractivity contribution in [3.05, 3.63) is 39.8 Å². The summed E-state index contributed by atoms with van der Waals surface area (Å²) in [5.74, 6) is 1.13. The highest BCUT2D eigenvalue weighted by atomic mass is 79.9. The number of rotatable bonds is 2. The Balaban J connectivity index is 2.49. The van der Waals surface area contributed by atoms with Crippen molar-refractivity contribution in [3.8, 4) is 11.3 Å². The number of nitrogens with two attached hydrogens (primary N) is 1. The molecule has 0 aliphatic rings. The van der Waals surface area contributed by atoms with Crippen molar-refractivity contribution in [2.75, 3.05) is 0 Å². The van der Waals surface area contributed by atoms with Gasteiger partial charge < -0.3 is 10.2 Å². The lowest BCUT2D eigenvalue weighted by molar-refractivity contribution is 0.509. The van der Waals surface area contributed by atoms with E-state index in [1.807, 2.05) is 18.2 Å². The van der Waals surface area contributed by atoms with Gasteiger partial charge >= 0.3 is 0 Å². The van der Waals surface area contributed by atoms with Crippen molar-refractivity contribution in [3.63, 3.8) is 0 Å². The maximum absolute atomic E-state index is 6.11. The summed E-state index contributed by atoms with van der Waals surface area (Å²) in [6, 6.07) is 5.62. The molecule has 0 amide bonds. The third-order valence-corrected chi connectivity index (χ3v) is 3.24. The van der Waals surface area contributed by atoms with E-state index < -0.39 is 0 Å². The van der Waals surface area contributed by atoms with Gasteiger partial charge in [0.2, 0.25) is 5.89 Å². The first-order valence-corrected chi connectivity index (χ1v) is 5.48. The van der Waals surface area contributed by atoms with Crippen molar-refractivity contribution in [2.24, 2.45) is 5.73 Å². The van der Waals surface area contributed by atoms with Crippen molar-refractivity contribution in [1.82, 2.24) is 4.98 Å². The zero-order valence-corrected chi connectivity index (χ0v) is 10.0. The predicted octanol–water partition coefficient (Wildman–Crippen LogP) is 3.22. The minimum absolute atomic E-state index is 0.283. The molecule has 78 valence electrons. The van der Waals surface area contributed by atoms with Gasteiger partial charge in [-0.1, -0.05) is 17.7 Å². The second kappa shape index (κ2) is 4.35. The normalized spacial score (nSPS) is 10.6. The Bertz CT molecular complexity index is 484. The van der Waals surface area contributed by atoms with E-state index in [9.17, 15) is 0 Å². The molecule has 1 heterocycles. The van der Waals surface area contributed by atoms with Gasteiger partial charge in [0.1, 0.15) is 0 Å². The third-order valence-electron chi connectivity index (χ3n) is 1.95. The Morgan fingerprint density at radius 1 is 1.47 bits per heavy atom. The van der Waals surface area contributed by atoms with Gasteiger partial charge in [-0.3, -0.25) is 0 Å². The number of hydrogen-bond acceptors (Lipinski definition) is 3. The first-order valence-electron chi connectivity index (χ1n) is 4.31.